The van der Waals surface area contributed by atoms with Gasteiger partial charge in [0.2, 0.25) is 20.0 Å². The summed E-state index contributed by atoms with van der Waals surface area (Å²) >= 11 is 24.7. The molecule has 2 N–H and O–H groups in total. The van der Waals surface area contributed by atoms with Gasteiger partial charge < -0.3 is 9.47 Å². The van der Waals surface area contributed by atoms with Crippen molar-refractivity contribution in [1.29, 1.82) is 10.5 Å². The van der Waals surface area contributed by atoms with Crippen molar-refractivity contribution in [2.24, 2.45) is 10.8 Å². The molecule has 2 aliphatic carbocycles. The Bertz CT molecular complexity index is 2870. The van der Waals surface area contributed by atoms with E-state index in [4.69, 9.17) is 55.9 Å². The van der Waals surface area contributed by atoms with Gasteiger partial charge in [-0.3, -0.25) is 19.4 Å². The number of nitriles is 2. The van der Waals surface area contributed by atoms with Crippen molar-refractivity contribution < 1.29 is 44.7 Å². The number of nitrogens with one attached hydrogen (secondary N) is 2. The molecule has 0 bridgehead atoms. The SMILES string of the molecule is C[C@@H](c1cc(Cl)cc(Cl)c1)N1CCC(C#N)(COc2cc(F)c(C(=O)NS(C)(=O)=O)cc2C2CC2)CC1.C[C@H](c1cc(Cl)cc(Cl)c1)N1CCC(C#N)(COc2cc(F)c(C(=O)NS(C)(=O)=O)cc2C2CC2)CC1. The summed E-state index contributed by atoms with van der Waals surface area (Å²) in [6, 6.07) is 20.9. The smallest absolute Gasteiger partial charge is 0.267 e. The minimum absolute atomic E-state index is 0.0648. The van der Waals surface area contributed by atoms with E-state index >= 15 is 0 Å². The molecule has 2 atom stereocenters. The number of halogens is 6. The molecule has 0 radical (unpaired) electrons. The zero-order chi connectivity index (χ0) is 53.9. The Morgan fingerprint density at radius 3 is 1.19 bits per heavy atom. The van der Waals surface area contributed by atoms with Gasteiger partial charge in [0, 0.05) is 70.5 Å². The van der Waals surface area contributed by atoms with E-state index in [2.05, 4.69) is 35.8 Å². The van der Waals surface area contributed by atoms with Crippen LogP contribution in [0.4, 0.5) is 8.78 Å². The van der Waals surface area contributed by atoms with Gasteiger partial charge in [0.05, 0.1) is 46.6 Å². The van der Waals surface area contributed by atoms with Crippen molar-refractivity contribution in [3.05, 3.63) is 126 Å². The first-order valence-electron chi connectivity index (χ1n) is 24.0. The van der Waals surface area contributed by atoms with E-state index < -0.39 is 54.3 Å². The second kappa shape index (κ2) is 23.2. The van der Waals surface area contributed by atoms with Gasteiger partial charge in [-0.2, -0.15) is 10.5 Å². The van der Waals surface area contributed by atoms with Crippen LogP contribution in [0.5, 0.6) is 11.5 Å². The van der Waals surface area contributed by atoms with Crippen molar-refractivity contribution in [2.45, 2.75) is 89.1 Å². The van der Waals surface area contributed by atoms with E-state index in [0.717, 1.165) is 61.5 Å². The van der Waals surface area contributed by atoms with E-state index in [9.17, 15) is 45.7 Å². The first-order valence-corrected chi connectivity index (χ1v) is 29.3. The fraction of sp³-hybridized carbons (Fsp3) is 0.462. The number of piperidine rings is 2. The lowest BCUT2D eigenvalue weighted by Gasteiger charge is -2.40. The molecular formula is C52H56Cl4F2N6O8S2. The minimum atomic E-state index is -3.84. The molecule has 74 heavy (non-hydrogen) atoms. The van der Waals surface area contributed by atoms with Crippen LogP contribution < -0.4 is 18.9 Å². The molecule has 4 aromatic rings. The highest BCUT2D eigenvalue weighted by molar-refractivity contribution is 7.89. The normalized spacial score (nSPS) is 18.6. The third kappa shape index (κ3) is 14.8. The van der Waals surface area contributed by atoms with Crippen LogP contribution >= 0.6 is 46.4 Å². The molecule has 22 heteroatoms. The van der Waals surface area contributed by atoms with Gasteiger partial charge in [-0.05, 0) is 148 Å². The third-order valence-electron chi connectivity index (χ3n) is 14.1. The molecule has 8 rings (SSSR count). The molecule has 2 saturated carbocycles. The van der Waals surface area contributed by atoms with Crippen molar-refractivity contribution >= 4 is 78.3 Å². The Hall–Kier alpha value is -4.76. The number of likely N-dealkylation sites (tertiary alicyclic amines) is 2. The van der Waals surface area contributed by atoms with Crippen LogP contribution in [0.15, 0.2) is 60.7 Å². The maximum absolute atomic E-state index is 14.8. The monoisotopic (exact) mass is 1130 g/mol. The van der Waals surface area contributed by atoms with Crippen molar-refractivity contribution in [3.8, 4) is 23.6 Å². The summed E-state index contributed by atoms with van der Waals surface area (Å²) in [5.74, 6) is -3.03. The quantitative estimate of drug-likeness (QED) is 0.108. The molecule has 4 fully saturated rings. The number of hydrogen-bond donors (Lipinski definition) is 2. The highest BCUT2D eigenvalue weighted by Gasteiger charge is 2.40. The summed E-state index contributed by atoms with van der Waals surface area (Å²) < 4.78 is 91.0. The van der Waals surface area contributed by atoms with E-state index in [-0.39, 0.29) is 59.8 Å². The number of benzene rings is 4. The molecule has 2 aliphatic heterocycles. The van der Waals surface area contributed by atoms with Crippen LogP contribution in [-0.2, 0) is 20.0 Å². The number of ether oxygens (including phenoxy) is 2. The van der Waals surface area contributed by atoms with Gasteiger partial charge in [-0.25, -0.2) is 35.1 Å². The van der Waals surface area contributed by atoms with E-state index in [0.29, 0.717) is 83.1 Å². The Kier molecular flexibility index (Phi) is 17.9. The van der Waals surface area contributed by atoms with Gasteiger partial charge in [0.1, 0.15) is 36.3 Å². The highest BCUT2D eigenvalue weighted by Crippen LogP contribution is 2.48. The summed E-state index contributed by atoms with van der Waals surface area (Å²) in [7, 11) is -7.67. The lowest BCUT2D eigenvalue weighted by Crippen LogP contribution is -2.43. The predicted octanol–water partition coefficient (Wildman–Crippen LogP) is 10.9. The fourth-order valence-corrected chi connectivity index (χ4v) is 11.3. The molecule has 14 nitrogen and oxygen atoms in total. The van der Waals surface area contributed by atoms with Crippen LogP contribution in [0.1, 0.15) is 132 Å². The molecule has 0 spiro atoms. The largest absolute Gasteiger partial charge is 0.492 e. The molecule has 0 unspecified atom stereocenters. The minimum Gasteiger partial charge on any atom is -0.492 e. The molecule has 2 heterocycles. The van der Waals surface area contributed by atoms with Crippen molar-refractivity contribution in [2.75, 3.05) is 51.9 Å². The number of carbonyl (C=O) groups is 2. The lowest BCUT2D eigenvalue weighted by molar-refractivity contribution is 0.0745. The van der Waals surface area contributed by atoms with E-state index in [1.165, 1.54) is 12.1 Å². The molecule has 0 aromatic heterocycles. The summed E-state index contributed by atoms with van der Waals surface area (Å²) in [6.45, 7) is 6.97. The Morgan fingerprint density at radius 2 is 0.919 bits per heavy atom. The van der Waals surface area contributed by atoms with E-state index in [1.807, 2.05) is 24.3 Å². The highest BCUT2D eigenvalue weighted by atomic mass is 35.5. The molecule has 2 amide bonds. The standard InChI is InChI=1S/2C26H28Cl2FN3O4S/c2*1-16(18-9-19(27)11-20(28)10-18)32-7-5-26(14-30,6-8-32)15-36-24-13-23(29)22(12-21(24)17-3-4-17)25(33)31-37(2,34)35/h2*9-13,16-17H,3-8,15H2,1-2H3,(H,31,33)/t2*16-/m10/s1. The van der Waals surface area contributed by atoms with Crippen LogP contribution in [0.2, 0.25) is 20.1 Å². The average Bonchev–Trinajstić information content (AvgIpc) is 4.27. The maximum Gasteiger partial charge on any atom is 0.267 e. The van der Waals surface area contributed by atoms with Crippen LogP contribution in [0.25, 0.3) is 0 Å². The van der Waals surface area contributed by atoms with Gasteiger partial charge in [0.15, 0.2) is 0 Å². The summed E-state index contributed by atoms with van der Waals surface area (Å²) in [5, 5.41) is 22.4. The summed E-state index contributed by atoms with van der Waals surface area (Å²) in [5.41, 5.74) is 1.12. The number of rotatable bonds is 16. The summed E-state index contributed by atoms with van der Waals surface area (Å²) in [4.78, 5) is 29.1. The zero-order valence-electron chi connectivity index (χ0n) is 41.1. The van der Waals surface area contributed by atoms with Crippen molar-refractivity contribution in [3.63, 3.8) is 0 Å². The molecule has 4 aliphatic rings. The summed E-state index contributed by atoms with van der Waals surface area (Å²) in [6.07, 6.45) is 7.38. The van der Waals surface area contributed by atoms with Gasteiger partial charge in [0.25, 0.3) is 11.8 Å². The predicted molar refractivity (Wildman–Crippen MR) is 280 cm³/mol. The number of nitrogens with zero attached hydrogens (tertiary/aromatic N) is 4. The lowest BCUT2D eigenvalue weighted by atomic mass is 9.80. The van der Waals surface area contributed by atoms with Crippen LogP contribution in [0.3, 0.4) is 0 Å². The Balaban J connectivity index is 0.000000216. The first-order chi connectivity index (χ1) is 34.8. The average molecular weight is 1140 g/mol. The van der Waals surface area contributed by atoms with Crippen molar-refractivity contribution in [1.82, 2.24) is 19.2 Å². The number of carbonyl (C=O) groups excluding carboxylic acids is 2. The number of amides is 2. The van der Waals surface area contributed by atoms with Gasteiger partial charge in [-0.15, -0.1) is 0 Å². The number of sulfonamides is 2. The Morgan fingerprint density at radius 1 is 0.608 bits per heavy atom. The topological polar surface area (TPSA) is 199 Å². The fourth-order valence-electron chi connectivity index (χ4n) is 9.36. The third-order valence-corrected chi connectivity index (χ3v) is 16.1. The Labute approximate surface area is 451 Å². The van der Waals surface area contributed by atoms with Gasteiger partial charge in [-0.1, -0.05) is 46.4 Å². The van der Waals surface area contributed by atoms with Gasteiger partial charge >= 0.3 is 0 Å². The van der Waals surface area contributed by atoms with Crippen LogP contribution in [-0.4, -0.2) is 90.4 Å². The molecular weight excluding hydrogens is 1080 g/mol. The second-order valence-electron chi connectivity index (χ2n) is 19.9. The molecule has 4 aromatic carbocycles. The number of hydrogen-bond acceptors (Lipinski definition) is 12. The second-order valence-corrected chi connectivity index (χ2v) is 25.1. The molecule has 2 saturated heterocycles. The van der Waals surface area contributed by atoms with E-state index in [1.54, 1.807) is 21.6 Å². The zero-order valence-corrected chi connectivity index (χ0v) is 45.8. The van der Waals surface area contributed by atoms with Crippen LogP contribution in [0, 0.1) is 45.1 Å². The maximum atomic E-state index is 14.8. The first kappa shape index (κ1) is 57.0. The molecule has 396 valence electrons.